The molecule has 0 amide bonds. The SMILES string of the molecule is CN=C(NCc1cnn(C)c1)NCC1CCCO1. The highest BCUT2D eigenvalue weighted by atomic mass is 16.5. The summed E-state index contributed by atoms with van der Waals surface area (Å²) in [6, 6.07) is 0. The lowest BCUT2D eigenvalue weighted by atomic mass is 10.2. The van der Waals surface area contributed by atoms with Crippen LogP contribution in [0.2, 0.25) is 0 Å². The van der Waals surface area contributed by atoms with Gasteiger partial charge in [-0.15, -0.1) is 0 Å². The molecular weight excluding hydrogens is 230 g/mol. The normalized spacial score (nSPS) is 20.1. The van der Waals surface area contributed by atoms with Crippen LogP contribution in [-0.4, -0.2) is 42.0 Å². The Kier molecular flexibility index (Phi) is 4.58. The molecule has 2 rings (SSSR count). The van der Waals surface area contributed by atoms with E-state index in [0.717, 1.165) is 44.1 Å². The molecule has 1 aliphatic heterocycles. The fraction of sp³-hybridized carbons (Fsp3) is 0.667. The van der Waals surface area contributed by atoms with E-state index in [1.807, 2.05) is 19.4 Å². The molecule has 1 fully saturated rings. The van der Waals surface area contributed by atoms with Gasteiger partial charge in [0.1, 0.15) is 0 Å². The molecule has 18 heavy (non-hydrogen) atoms. The summed E-state index contributed by atoms with van der Waals surface area (Å²) in [7, 11) is 3.68. The van der Waals surface area contributed by atoms with Crippen molar-refractivity contribution in [2.75, 3.05) is 20.2 Å². The Morgan fingerprint density at radius 2 is 2.50 bits per heavy atom. The average Bonchev–Trinajstić information content (AvgIpc) is 3.01. The molecule has 100 valence electrons. The van der Waals surface area contributed by atoms with E-state index >= 15 is 0 Å². The molecule has 6 heteroatoms. The molecule has 2 N–H and O–H groups in total. The molecule has 1 unspecified atom stereocenters. The third kappa shape index (κ3) is 3.73. The molecule has 1 aromatic heterocycles. The Morgan fingerprint density at radius 1 is 1.61 bits per heavy atom. The van der Waals surface area contributed by atoms with Crippen LogP contribution in [0.15, 0.2) is 17.4 Å². The van der Waals surface area contributed by atoms with Crippen molar-refractivity contribution in [1.29, 1.82) is 0 Å². The lowest BCUT2D eigenvalue weighted by Gasteiger charge is -2.14. The first-order chi connectivity index (χ1) is 8.78. The van der Waals surface area contributed by atoms with Crippen LogP contribution in [0.1, 0.15) is 18.4 Å². The molecule has 2 heterocycles. The number of ether oxygens (including phenoxy) is 1. The van der Waals surface area contributed by atoms with E-state index in [4.69, 9.17) is 4.74 Å². The van der Waals surface area contributed by atoms with E-state index < -0.39 is 0 Å². The van der Waals surface area contributed by atoms with E-state index in [0.29, 0.717) is 6.10 Å². The molecule has 0 aliphatic carbocycles. The quantitative estimate of drug-likeness (QED) is 0.595. The molecule has 1 aliphatic rings. The summed E-state index contributed by atoms with van der Waals surface area (Å²) in [6.45, 7) is 2.42. The Labute approximate surface area is 107 Å². The van der Waals surface area contributed by atoms with Gasteiger partial charge in [0.05, 0.1) is 12.3 Å². The maximum Gasteiger partial charge on any atom is 0.191 e. The molecular formula is C12H21N5O. The predicted octanol–water partition coefficient (Wildman–Crippen LogP) is 0.264. The summed E-state index contributed by atoms with van der Waals surface area (Å²) in [6.07, 6.45) is 6.45. The van der Waals surface area contributed by atoms with Gasteiger partial charge in [-0.25, -0.2) is 0 Å². The number of hydrogen-bond donors (Lipinski definition) is 2. The second-order valence-electron chi connectivity index (χ2n) is 4.46. The van der Waals surface area contributed by atoms with Crippen LogP contribution < -0.4 is 10.6 Å². The minimum Gasteiger partial charge on any atom is -0.376 e. The summed E-state index contributed by atoms with van der Waals surface area (Å²) in [5.41, 5.74) is 1.14. The van der Waals surface area contributed by atoms with Crippen LogP contribution in [0.4, 0.5) is 0 Å². The van der Waals surface area contributed by atoms with Crippen molar-refractivity contribution >= 4 is 5.96 Å². The second-order valence-corrected chi connectivity index (χ2v) is 4.46. The van der Waals surface area contributed by atoms with Gasteiger partial charge in [-0.2, -0.15) is 5.10 Å². The zero-order chi connectivity index (χ0) is 12.8. The van der Waals surface area contributed by atoms with Gasteiger partial charge in [0.2, 0.25) is 0 Å². The van der Waals surface area contributed by atoms with Gasteiger partial charge < -0.3 is 15.4 Å². The van der Waals surface area contributed by atoms with Gasteiger partial charge in [-0.1, -0.05) is 0 Å². The van der Waals surface area contributed by atoms with Crippen LogP contribution >= 0.6 is 0 Å². The highest BCUT2D eigenvalue weighted by molar-refractivity contribution is 5.79. The fourth-order valence-electron chi connectivity index (χ4n) is 1.99. The number of nitrogens with zero attached hydrogens (tertiary/aromatic N) is 3. The number of aryl methyl sites for hydroxylation is 1. The third-order valence-corrected chi connectivity index (χ3v) is 2.96. The van der Waals surface area contributed by atoms with Gasteiger partial charge in [0.25, 0.3) is 0 Å². The molecule has 0 saturated carbocycles. The van der Waals surface area contributed by atoms with Crippen molar-refractivity contribution in [3.05, 3.63) is 18.0 Å². The van der Waals surface area contributed by atoms with Gasteiger partial charge in [-0.3, -0.25) is 9.67 Å². The van der Waals surface area contributed by atoms with Crippen molar-refractivity contribution in [1.82, 2.24) is 20.4 Å². The molecule has 0 radical (unpaired) electrons. The van der Waals surface area contributed by atoms with Crippen LogP contribution in [0, 0.1) is 0 Å². The predicted molar refractivity (Wildman–Crippen MR) is 70.4 cm³/mol. The first kappa shape index (κ1) is 12.9. The Balaban J connectivity index is 1.72. The number of guanidine groups is 1. The number of aliphatic imine (C=N–C) groups is 1. The molecule has 0 aromatic carbocycles. The standard InChI is InChI=1S/C12H21N5O/c1-13-12(15-8-11-4-3-5-18-11)14-6-10-7-16-17(2)9-10/h7,9,11H,3-6,8H2,1-2H3,(H2,13,14,15). The number of aromatic nitrogens is 2. The van der Waals surface area contributed by atoms with Crippen LogP contribution in [-0.2, 0) is 18.3 Å². The lowest BCUT2D eigenvalue weighted by Crippen LogP contribution is -2.40. The maximum atomic E-state index is 5.56. The van der Waals surface area contributed by atoms with E-state index in [1.165, 1.54) is 0 Å². The van der Waals surface area contributed by atoms with Crippen molar-refractivity contribution in [2.45, 2.75) is 25.5 Å². The topological polar surface area (TPSA) is 63.5 Å². The molecule has 1 atom stereocenters. The van der Waals surface area contributed by atoms with Crippen molar-refractivity contribution < 1.29 is 4.74 Å². The van der Waals surface area contributed by atoms with E-state index in [-0.39, 0.29) is 0 Å². The summed E-state index contributed by atoms with van der Waals surface area (Å²) in [5, 5.41) is 10.7. The average molecular weight is 251 g/mol. The fourth-order valence-corrected chi connectivity index (χ4v) is 1.99. The Morgan fingerprint density at radius 3 is 3.11 bits per heavy atom. The lowest BCUT2D eigenvalue weighted by molar-refractivity contribution is 0.114. The molecule has 1 saturated heterocycles. The van der Waals surface area contributed by atoms with Crippen molar-refractivity contribution in [3.63, 3.8) is 0 Å². The highest BCUT2D eigenvalue weighted by Gasteiger charge is 2.15. The summed E-state index contributed by atoms with van der Waals surface area (Å²) >= 11 is 0. The van der Waals surface area contributed by atoms with E-state index in [1.54, 1.807) is 11.7 Å². The first-order valence-corrected chi connectivity index (χ1v) is 6.31. The zero-order valence-electron chi connectivity index (χ0n) is 11.0. The van der Waals surface area contributed by atoms with Gasteiger partial charge in [0, 0.05) is 45.6 Å². The number of nitrogens with one attached hydrogen (secondary N) is 2. The third-order valence-electron chi connectivity index (χ3n) is 2.96. The summed E-state index contributed by atoms with van der Waals surface area (Å²) < 4.78 is 7.35. The van der Waals surface area contributed by atoms with Gasteiger partial charge in [0.15, 0.2) is 5.96 Å². The van der Waals surface area contributed by atoms with Crippen molar-refractivity contribution in [2.24, 2.45) is 12.0 Å². The summed E-state index contributed by atoms with van der Waals surface area (Å²) in [4.78, 5) is 4.18. The minimum atomic E-state index is 0.321. The van der Waals surface area contributed by atoms with E-state index in [9.17, 15) is 0 Å². The first-order valence-electron chi connectivity index (χ1n) is 6.31. The molecule has 6 nitrogen and oxygen atoms in total. The van der Waals surface area contributed by atoms with Crippen LogP contribution in [0.3, 0.4) is 0 Å². The Bertz CT molecular complexity index is 395. The molecule has 0 spiro atoms. The molecule has 0 bridgehead atoms. The monoisotopic (exact) mass is 251 g/mol. The Hall–Kier alpha value is -1.56. The molecule has 1 aromatic rings. The van der Waals surface area contributed by atoms with Gasteiger partial charge >= 0.3 is 0 Å². The van der Waals surface area contributed by atoms with E-state index in [2.05, 4.69) is 20.7 Å². The second kappa shape index (κ2) is 6.39. The number of rotatable bonds is 4. The van der Waals surface area contributed by atoms with Crippen LogP contribution in [0.25, 0.3) is 0 Å². The summed E-state index contributed by atoms with van der Waals surface area (Å²) in [5.74, 6) is 0.800. The largest absolute Gasteiger partial charge is 0.376 e. The zero-order valence-corrected chi connectivity index (χ0v) is 11.0. The highest BCUT2D eigenvalue weighted by Crippen LogP contribution is 2.10. The maximum absolute atomic E-state index is 5.56. The van der Waals surface area contributed by atoms with Crippen molar-refractivity contribution in [3.8, 4) is 0 Å². The number of hydrogen-bond acceptors (Lipinski definition) is 3. The minimum absolute atomic E-state index is 0.321. The van der Waals surface area contributed by atoms with Crippen LogP contribution in [0.5, 0.6) is 0 Å². The smallest absolute Gasteiger partial charge is 0.191 e. The van der Waals surface area contributed by atoms with Gasteiger partial charge in [-0.05, 0) is 12.8 Å².